The van der Waals surface area contributed by atoms with E-state index in [0.717, 1.165) is 16.7 Å². The zero-order valence-corrected chi connectivity index (χ0v) is 15.3. The first kappa shape index (κ1) is 18.2. The van der Waals surface area contributed by atoms with Gasteiger partial charge in [0, 0.05) is 10.7 Å². The number of benzene rings is 2. The Bertz CT molecular complexity index is 778. The molecule has 2 rings (SSSR count). The normalized spacial score (nSPS) is 10.2. The molecule has 0 saturated carbocycles. The topological polar surface area (TPSA) is 50.4 Å². The van der Waals surface area contributed by atoms with Crippen molar-refractivity contribution in [1.82, 2.24) is 5.32 Å². The molecular weight excluding hydrogens is 344 g/mol. The van der Waals surface area contributed by atoms with Gasteiger partial charge in [-0.25, -0.2) is 0 Å². The van der Waals surface area contributed by atoms with E-state index in [1.807, 2.05) is 51.1 Å². The van der Waals surface area contributed by atoms with Gasteiger partial charge in [-0.1, -0.05) is 29.8 Å². The molecule has 126 valence electrons. The minimum absolute atomic E-state index is 0.110. The van der Waals surface area contributed by atoms with Crippen LogP contribution >= 0.6 is 23.8 Å². The van der Waals surface area contributed by atoms with Crippen LogP contribution in [0.4, 0.5) is 5.69 Å². The second-order valence-electron chi connectivity index (χ2n) is 5.52. The average molecular weight is 363 g/mol. The van der Waals surface area contributed by atoms with Crippen molar-refractivity contribution in [3.63, 3.8) is 0 Å². The van der Waals surface area contributed by atoms with Gasteiger partial charge in [0.1, 0.15) is 5.75 Å². The first-order valence-electron chi connectivity index (χ1n) is 7.42. The van der Waals surface area contributed by atoms with Crippen LogP contribution in [0.25, 0.3) is 0 Å². The van der Waals surface area contributed by atoms with Crippen molar-refractivity contribution in [2.24, 2.45) is 0 Å². The van der Waals surface area contributed by atoms with Crippen molar-refractivity contribution in [3.05, 3.63) is 58.1 Å². The second-order valence-corrected chi connectivity index (χ2v) is 6.34. The molecule has 0 radical (unpaired) electrons. The number of halogens is 1. The lowest BCUT2D eigenvalue weighted by Crippen LogP contribution is -2.37. The molecule has 0 bridgehead atoms. The predicted molar refractivity (Wildman–Crippen MR) is 102 cm³/mol. The lowest BCUT2D eigenvalue weighted by molar-refractivity contribution is -0.121. The molecule has 0 aromatic heterocycles. The van der Waals surface area contributed by atoms with E-state index >= 15 is 0 Å². The molecule has 0 aliphatic rings. The summed E-state index contributed by atoms with van der Waals surface area (Å²) in [6, 6.07) is 11.3. The van der Waals surface area contributed by atoms with Gasteiger partial charge < -0.3 is 10.1 Å². The third kappa shape index (κ3) is 5.22. The van der Waals surface area contributed by atoms with Crippen molar-refractivity contribution in [2.45, 2.75) is 20.8 Å². The summed E-state index contributed by atoms with van der Waals surface area (Å²) in [6.07, 6.45) is 0. The molecule has 0 spiro atoms. The van der Waals surface area contributed by atoms with Crippen LogP contribution in [0.1, 0.15) is 16.7 Å². The van der Waals surface area contributed by atoms with Crippen LogP contribution in [-0.2, 0) is 4.79 Å². The number of rotatable bonds is 4. The van der Waals surface area contributed by atoms with E-state index in [1.54, 1.807) is 6.07 Å². The maximum atomic E-state index is 11.9. The summed E-state index contributed by atoms with van der Waals surface area (Å²) in [5, 5.41) is 6.33. The lowest BCUT2D eigenvalue weighted by atomic mass is 10.1. The van der Waals surface area contributed by atoms with Gasteiger partial charge in [-0.2, -0.15) is 0 Å². The molecule has 0 unspecified atom stereocenters. The van der Waals surface area contributed by atoms with Crippen molar-refractivity contribution in [3.8, 4) is 5.75 Å². The minimum Gasteiger partial charge on any atom is -0.483 e. The van der Waals surface area contributed by atoms with Gasteiger partial charge in [-0.05, 0) is 67.9 Å². The number of amides is 1. The van der Waals surface area contributed by atoms with E-state index in [1.165, 1.54) is 0 Å². The Labute approximate surface area is 152 Å². The first-order chi connectivity index (χ1) is 11.3. The molecule has 6 heteroatoms. The highest BCUT2D eigenvalue weighted by Gasteiger charge is 2.08. The summed E-state index contributed by atoms with van der Waals surface area (Å²) >= 11 is 11.2. The Morgan fingerprint density at radius 2 is 1.83 bits per heavy atom. The molecule has 24 heavy (non-hydrogen) atoms. The number of ether oxygens (including phenoxy) is 1. The molecule has 2 aromatic rings. The number of aryl methyl sites for hydroxylation is 3. The first-order valence-corrected chi connectivity index (χ1v) is 8.21. The number of thiocarbonyl (C=S) groups is 1. The molecule has 1 amide bonds. The zero-order valence-electron chi connectivity index (χ0n) is 13.8. The Morgan fingerprint density at radius 1 is 1.12 bits per heavy atom. The number of carbonyl (C=O) groups is 1. The van der Waals surface area contributed by atoms with Gasteiger partial charge in [0.05, 0.1) is 0 Å². The van der Waals surface area contributed by atoms with E-state index in [4.69, 9.17) is 28.6 Å². The maximum Gasteiger partial charge on any atom is 0.264 e. The molecule has 0 aliphatic heterocycles. The van der Waals surface area contributed by atoms with Crippen LogP contribution in [0.3, 0.4) is 0 Å². The predicted octanol–water partition coefficient (Wildman–Crippen LogP) is 4.16. The second kappa shape index (κ2) is 8.13. The maximum absolute atomic E-state index is 11.9. The molecule has 2 aromatic carbocycles. The lowest BCUT2D eigenvalue weighted by Gasteiger charge is -2.12. The number of anilines is 1. The van der Waals surface area contributed by atoms with Gasteiger partial charge in [-0.15, -0.1) is 0 Å². The number of hydrogen-bond acceptors (Lipinski definition) is 3. The van der Waals surface area contributed by atoms with Crippen LogP contribution in [0.2, 0.25) is 5.02 Å². The van der Waals surface area contributed by atoms with E-state index in [0.29, 0.717) is 16.5 Å². The minimum atomic E-state index is -0.327. The standard InChI is InChI=1S/C18H19ClN2O2S/c1-11-4-5-13(3)16(8-11)23-10-17(22)21-18(24)20-14-7-6-12(2)15(19)9-14/h4-9H,10H2,1-3H3,(H2,20,21,22,24). The van der Waals surface area contributed by atoms with Crippen molar-refractivity contribution >= 4 is 40.5 Å². The zero-order chi connectivity index (χ0) is 17.7. The summed E-state index contributed by atoms with van der Waals surface area (Å²) in [5.74, 6) is 0.362. The Hall–Kier alpha value is -2.11. The van der Waals surface area contributed by atoms with Crippen LogP contribution < -0.4 is 15.4 Å². The summed E-state index contributed by atoms with van der Waals surface area (Å²) in [7, 11) is 0. The summed E-state index contributed by atoms with van der Waals surface area (Å²) in [5.41, 5.74) is 3.73. The Morgan fingerprint density at radius 3 is 2.54 bits per heavy atom. The fourth-order valence-electron chi connectivity index (χ4n) is 2.00. The van der Waals surface area contributed by atoms with Crippen LogP contribution in [0.15, 0.2) is 36.4 Å². The molecule has 0 heterocycles. The average Bonchev–Trinajstić information content (AvgIpc) is 2.51. The SMILES string of the molecule is Cc1ccc(C)c(OCC(=O)NC(=S)Nc2ccc(C)c(Cl)c2)c1. The molecule has 2 N–H and O–H groups in total. The summed E-state index contributed by atoms with van der Waals surface area (Å²) in [4.78, 5) is 11.9. The Kier molecular flexibility index (Phi) is 6.17. The van der Waals surface area contributed by atoms with Crippen molar-refractivity contribution < 1.29 is 9.53 Å². The highest BCUT2D eigenvalue weighted by Crippen LogP contribution is 2.20. The van der Waals surface area contributed by atoms with Crippen LogP contribution in [-0.4, -0.2) is 17.6 Å². The van der Waals surface area contributed by atoms with Gasteiger partial charge in [0.25, 0.3) is 5.91 Å². The van der Waals surface area contributed by atoms with Crippen LogP contribution in [0, 0.1) is 20.8 Å². The number of hydrogen-bond donors (Lipinski definition) is 2. The number of nitrogens with one attached hydrogen (secondary N) is 2. The van der Waals surface area contributed by atoms with E-state index in [-0.39, 0.29) is 17.6 Å². The quantitative estimate of drug-likeness (QED) is 0.802. The van der Waals surface area contributed by atoms with Crippen LogP contribution in [0.5, 0.6) is 5.75 Å². The highest BCUT2D eigenvalue weighted by molar-refractivity contribution is 7.80. The molecule has 0 atom stereocenters. The van der Waals surface area contributed by atoms with Crippen molar-refractivity contribution in [2.75, 3.05) is 11.9 Å². The van der Waals surface area contributed by atoms with Gasteiger partial charge in [0.2, 0.25) is 0 Å². The fourth-order valence-corrected chi connectivity index (χ4v) is 2.41. The highest BCUT2D eigenvalue weighted by atomic mass is 35.5. The van der Waals surface area contributed by atoms with E-state index in [9.17, 15) is 4.79 Å². The molecule has 0 aliphatic carbocycles. The molecule has 0 saturated heterocycles. The smallest absolute Gasteiger partial charge is 0.264 e. The van der Waals surface area contributed by atoms with Gasteiger partial charge in [0.15, 0.2) is 11.7 Å². The van der Waals surface area contributed by atoms with Crippen molar-refractivity contribution in [1.29, 1.82) is 0 Å². The molecular formula is C18H19ClN2O2S. The third-order valence-electron chi connectivity index (χ3n) is 3.39. The third-order valence-corrected chi connectivity index (χ3v) is 4.00. The monoisotopic (exact) mass is 362 g/mol. The molecule has 4 nitrogen and oxygen atoms in total. The summed E-state index contributed by atoms with van der Waals surface area (Å²) in [6.45, 7) is 5.70. The number of carbonyl (C=O) groups excluding carboxylic acids is 1. The fraction of sp³-hybridized carbons (Fsp3) is 0.222. The molecule has 0 fully saturated rings. The van der Waals surface area contributed by atoms with E-state index in [2.05, 4.69) is 10.6 Å². The Balaban J connectivity index is 1.86. The largest absolute Gasteiger partial charge is 0.483 e. The van der Waals surface area contributed by atoms with Gasteiger partial charge >= 0.3 is 0 Å². The van der Waals surface area contributed by atoms with Gasteiger partial charge in [-0.3, -0.25) is 10.1 Å². The summed E-state index contributed by atoms with van der Waals surface area (Å²) < 4.78 is 5.54. The van der Waals surface area contributed by atoms with E-state index < -0.39 is 0 Å².